The lowest BCUT2D eigenvalue weighted by atomic mass is 9.63. The van der Waals surface area contributed by atoms with Crippen molar-refractivity contribution < 1.29 is 0 Å². The number of hydrogen-bond acceptors (Lipinski definition) is 0. The van der Waals surface area contributed by atoms with Gasteiger partial charge in [-0.3, -0.25) is 0 Å². The van der Waals surface area contributed by atoms with Gasteiger partial charge in [-0.2, -0.15) is 0 Å². The molecule has 14 heavy (non-hydrogen) atoms. The zero-order chi connectivity index (χ0) is 10.7. The molecule has 0 spiro atoms. The van der Waals surface area contributed by atoms with Gasteiger partial charge in [0.25, 0.3) is 0 Å². The fraction of sp³-hybridized carbons (Fsp3) is 1.00. The van der Waals surface area contributed by atoms with E-state index in [9.17, 15) is 0 Å². The summed E-state index contributed by atoms with van der Waals surface area (Å²) in [7, 11) is 0. The molecule has 0 aromatic rings. The second kappa shape index (κ2) is 5.19. The van der Waals surface area contributed by atoms with E-state index in [4.69, 9.17) is 0 Å². The Labute approximate surface area is 90.5 Å². The van der Waals surface area contributed by atoms with E-state index in [1.165, 1.54) is 25.7 Å². The maximum absolute atomic E-state index is 2.49. The molecule has 0 aromatic heterocycles. The Morgan fingerprint density at radius 1 is 1.07 bits per heavy atom. The molecule has 4 atom stereocenters. The molecule has 1 aliphatic rings. The highest BCUT2D eigenvalue weighted by Gasteiger charge is 2.35. The van der Waals surface area contributed by atoms with Gasteiger partial charge < -0.3 is 0 Å². The molecule has 0 heteroatoms. The van der Waals surface area contributed by atoms with Gasteiger partial charge in [-0.25, -0.2) is 0 Å². The van der Waals surface area contributed by atoms with Crippen molar-refractivity contribution >= 4 is 0 Å². The maximum Gasteiger partial charge on any atom is -0.0360 e. The van der Waals surface area contributed by atoms with E-state index < -0.39 is 0 Å². The van der Waals surface area contributed by atoms with Crippen LogP contribution in [-0.4, -0.2) is 0 Å². The summed E-state index contributed by atoms with van der Waals surface area (Å²) < 4.78 is 0. The molecular weight excluding hydrogens is 168 g/mol. The molecule has 0 aromatic carbocycles. The molecule has 0 heterocycles. The average molecular weight is 196 g/mol. The van der Waals surface area contributed by atoms with E-state index in [2.05, 4.69) is 34.6 Å². The van der Waals surface area contributed by atoms with Crippen LogP contribution >= 0.6 is 0 Å². The molecule has 1 saturated carbocycles. The molecule has 0 amide bonds. The zero-order valence-corrected chi connectivity index (χ0v) is 10.7. The Morgan fingerprint density at radius 2 is 1.64 bits per heavy atom. The summed E-state index contributed by atoms with van der Waals surface area (Å²) in [5, 5.41) is 0. The van der Waals surface area contributed by atoms with Gasteiger partial charge in [0.05, 0.1) is 0 Å². The monoisotopic (exact) mass is 196 g/mol. The Morgan fingerprint density at radius 3 is 1.93 bits per heavy atom. The van der Waals surface area contributed by atoms with Gasteiger partial charge in [0.15, 0.2) is 0 Å². The molecule has 1 fully saturated rings. The Kier molecular flexibility index (Phi) is 4.47. The van der Waals surface area contributed by atoms with Gasteiger partial charge in [0, 0.05) is 0 Å². The summed E-state index contributed by atoms with van der Waals surface area (Å²) in [6, 6.07) is 0. The Hall–Kier alpha value is 0. The van der Waals surface area contributed by atoms with E-state index in [0.717, 1.165) is 29.6 Å². The molecule has 0 radical (unpaired) electrons. The van der Waals surface area contributed by atoms with Crippen molar-refractivity contribution in [3.05, 3.63) is 0 Å². The van der Waals surface area contributed by atoms with Crippen LogP contribution in [0.15, 0.2) is 0 Å². The van der Waals surface area contributed by atoms with Crippen LogP contribution in [0.5, 0.6) is 0 Å². The summed E-state index contributed by atoms with van der Waals surface area (Å²) in [6.45, 7) is 12.1. The van der Waals surface area contributed by atoms with Crippen LogP contribution in [0.25, 0.3) is 0 Å². The Bertz CT molecular complexity index is 149. The zero-order valence-electron chi connectivity index (χ0n) is 10.7. The summed E-state index contributed by atoms with van der Waals surface area (Å²) in [6.07, 6.45) is 5.70. The molecule has 0 bridgehead atoms. The van der Waals surface area contributed by atoms with Crippen LogP contribution in [0.4, 0.5) is 0 Å². The van der Waals surface area contributed by atoms with Gasteiger partial charge in [-0.1, -0.05) is 53.9 Å². The van der Waals surface area contributed by atoms with E-state index in [0.29, 0.717) is 0 Å². The van der Waals surface area contributed by atoms with E-state index >= 15 is 0 Å². The topological polar surface area (TPSA) is 0 Å². The van der Waals surface area contributed by atoms with Crippen molar-refractivity contribution in [2.45, 2.75) is 60.3 Å². The normalized spacial score (nSPS) is 31.3. The molecule has 0 nitrogen and oxygen atoms in total. The second-order valence-electron chi connectivity index (χ2n) is 5.51. The highest BCUT2D eigenvalue weighted by molar-refractivity contribution is 4.85. The van der Waals surface area contributed by atoms with Crippen LogP contribution in [-0.2, 0) is 0 Å². The first-order valence-corrected chi connectivity index (χ1v) is 6.61. The van der Waals surface area contributed by atoms with Crippen molar-refractivity contribution in [2.75, 3.05) is 0 Å². The predicted octanol–water partition coefficient (Wildman–Crippen LogP) is 4.74. The van der Waals surface area contributed by atoms with Gasteiger partial charge in [-0.15, -0.1) is 0 Å². The third-order valence-corrected chi connectivity index (χ3v) is 4.98. The minimum absolute atomic E-state index is 0.928. The summed E-state index contributed by atoms with van der Waals surface area (Å²) in [5.74, 6) is 4.87. The number of rotatable bonds is 5. The lowest BCUT2D eigenvalue weighted by Crippen LogP contribution is -2.34. The molecule has 1 aliphatic carbocycles. The van der Waals surface area contributed by atoms with E-state index in [1.807, 2.05) is 0 Å². The smallest absolute Gasteiger partial charge is 0.0360 e. The van der Waals surface area contributed by atoms with Crippen molar-refractivity contribution in [3.8, 4) is 0 Å². The number of hydrogen-bond donors (Lipinski definition) is 0. The van der Waals surface area contributed by atoms with Crippen LogP contribution in [0.2, 0.25) is 0 Å². The van der Waals surface area contributed by atoms with E-state index in [-0.39, 0.29) is 0 Å². The average Bonchev–Trinajstić information content (AvgIpc) is 2.17. The molecule has 0 saturated heterocycles. The Balaban J connectivity index is 2.45. The minimum Gasteiger partial charge on any atom is -0.0651 e. The van der Waals surface area contributed by atoms with Crippen LogP contribution < -0.4 is 0 Å². The second-order valence-corrected chi connectivity index (χ2v) is 5.51. The predicted molar refractivity (Wildman–Crippen MR) is 64.3 cm³/mol. The van der Waals surface area contributed by atoms with Gasteiger partial charge in [-0.05, 0) is 36.0 Å². The lowest BCUT2D eigenvalue weighted by molar-refractivity contribution is 0.0701. The molecule has 84 valence electrons. The molecule has 1 rings (SSSR count). The van der Waals surface area contributed by atoms with Gasteiger partial charge in [0.2, 0.25) is 0 Å². The summed E-state index contributed by atoms with van der Waals surface area (Å²) >= 11 is 0. The first-order valence-electron chi connectivity index (χ1n) is 6.61. The lowest BCUT2D eigenvalue weighted by Gasteiger charge is -2.43. The fourth-order valence-corrected chi connectivity index (χ4v) is 3.33. The molecule has 4 unspecified atom stereocenters. The maximum atomic E-state index is 2.49. The van der Waals surface area contributed by atoms with Crippen molar-refractivity contribution in [1.29, 1.82) is 0 Å². The van der Waals surface area contributed by atoms with Crippen molar-refractivity contribution in [3.63, 3.8) is 0 Å². The van der Waals surface area contributed by atoms with Crippen LogP contribution in [0.1, 0.15) is 60.3 Å². The molecule has 0 N–H and O–H groups in total. The van der Waals surface area contributed by atoms with E-state index in [1.54, 1.807) is 0 Å². The quantitative estimate of drug-likeness (QED) is 0.595. The minimum atomic E-state index is 0.928. The highest BCUT2D eigenvalue weighted by atomic mass is 14.4. The van der Waals surface area contributed by atoms with Crippen LogP contribution in [0, 0.1) is 29.6 Å². The highest BCUT2D eigenvalue weighted by Crippen LogP contribution is 2.44. The third kappa shape index (κ3) is 2.32. The van der Waals surface area contributed by atoms with Crippen molar-refractivity contribution in [2.24, 2.45) is 29.6 Å². The first kappa shape index (κ1) is 12.1. The first-order chi connectivity index (χ1) is 6.61. The molecular formula is C14H28. The van der Waals surface area contributed by atoms with Crippen molar-refractivity contribution in [1.82, 2.24) is 0 Å². The SMILES string of the molecule is CCC(CC)C(C)C(C)C1CCC1C. The molecule has 0 aliphatic heterocycles. The largest absolute Gasteiger partial charge is 0.0651 e. The van der Waals surface area contributed by atoms with Crippen LogP contribution in [0.3, 0.4) is 0 Å². The summed E-state index contributed by atoms with van der Waals surface area (Å²) in [5.41, 5.74) is 0. The van der Waals surface area contributed by atoms with Gasteiger partial charge >= 0.3 is 0 Å². The fourth-order valence-electron chi connectivity index (χ4n) is 3.33. The van der Waals surface area contributed by atoms with Gasteiger partial charge in [0.1, 0.15) is 0 Å². The third-order valence-electron chi connectivity index (χ3n) is 4.98. The summed E-state index contributed by atoms with van der Waals surface area (Å²) in [4.78, 5) is 0. The standard InChI is InChI=1S/C14H28/c1-6-13(7-2)11(4)12(5)14-9-8-10(14)3/h10-14H,6-9H2,1-5H3.